The number of unbranched alkanes of at least 4 members (excludes halogenated alkanes) is 6. The van der Waals surface area contributed by atoms with Gasteiger partial charge in [-0.15, -0.1) is 0 Å². The lowest BCUT2D eigenvalue weighted by molar-refractivity contribution is -0.143. The van der Waals surface area contributed by atoms with E-state index in [9.17, 15) is 4.79 Å². The summed E-state index contributed by atoms with van der Waals surface area (Å²) in [6, 6.07) is 0. The van der Waals surface area contributed by atoms with Crippen molar-refractivity contribution >= 4 is 11.7 Å². The zero-order valence-electron chi connectivity index (χ0n) is 11.7. The maximum atomic E-state index is 11.4. The Labute approximate surface area is 111 Å². The Morgan fingerprint density at radius 3 is 2.33 bits per heavy atom. The number of nitrogens with zero attached hydrogens (tertiary/aromatic N) is 1. The Morgan fingerprint density at radius 1 is 1.06 bits per heavy atom. The minimum Gasteiger partial charge on any atom is -0.318 e. The van der Waals surface area contributed by atoms with E-state index in [1.54, 1.807) is 0 Å². The smallest absolute Gasteiger partial charge is 0.318 e. The Kier molecular flexibility index (Phi) is 8.53. The third kappa shape index (κ3) is 7.46. The third-order valence-corrected chi connectivity index (χ3v) is 3.44. The van der Waals surface area contributed by atoms with Crippen LogP contribution >= 0.6 is 0 Å². The first-order chi connectivity index (χ1) is 8.83. The van der Waals surface area contributed by atoms with Crippen LogP contribution in [0.15, 0.2) is 5.16 Å². The lowest BCUT2D eigenvalue weighted by Crippen LogP contribution is -2.02. The third-order valence-electron chi connectivity index (χ3n) is 3.44. The van der Waals surface area contributed by atoms with Crippen LogP contribution in [0.2, 0.25) is 0 Å². The van der Waals surface area contributed by atoms with Crippen LogP contribution in [0.5, 0.6) is 0 Å². The summed E-state index contributed by atoms with van der Waals surface area (Å²) in [6.07, 6.45) is 13.5. The molecule has 1 rings (SSSR count). The summed E-state index contributed by atoms with van der Waals surface area (Å²) in [5, 5.41) is 3.93. The standard InChI is InChI=1S/C15H27NO2/c1-2-3-4-5-6-7-8-13-15(17)18-16-14-11-9-10-12-14/h2-13H2,1H3. The minimum absolute atomic E-state index is 0.164. The van der Waals surface area contributed by atoms with Gasteiger partial charge in [-0.3, -0.25) is 0 Å². The fourth-order valence-electron chi connectivity index (χ4n) is 2.26. The van der Waals surface area contributed by atoms with Crippen molar-refractivity contribution in [2.75, 3.05) is 0 Å². The summed E-state index contributed by atoms with van der Waals surface area (Å²) in [7, 11) is 0. The van der Waals surface area contributed by atoms with Crippen LogP contribution in [0.25, 0.3) is 0 Å². The van der Waals surface area contributed by atoms with Gasteiger partial charge in [-0.05, 0) is 32.1 Å². The lowest BCUT2D eigenvalue weighted by Gasteiger charge is -2.01. The molecule has 0 aromatic heterocycles. The molecule has 1 fully saturated rings. The van der Waals surface area contributed by atoms with Crippen molar-refractivity contribution in [3.05, 3.63) is 0 Å². The molecule has 0 atom stereocenters. The highest BCUT2D eigenvalue weighted by Crippen LogP contribution is 2.15. The van der Waals surface area contributed by atoms with Crippen molar-refractivity contribution in [2.45, 2.75) is 84.0 Å². The Morgan fingerprint density at radius 2 is 1.67 bits per heavy atom. The summed E-state index contributed by atoms with van der Waals surface area (Å²) in [6.45, 7) is 2.22. The molecule has 1 saturated carbocycles. The van der Waals surface area contributed by atoms with Crippen molar-refractivity contribution in [3.8, 4) is 0 Å². The van der Waals surface area contributed by atoms with E-state index >= 15 is 0 Å². The number of oxime groups is 1. The SMILES string of the molecule is CCCCCCCCCC(=O)ON=C1CCCC1. The molecule has 0 spiro atoms. The van der Waals surface area contributed by atoms with Crippen molar-refractivity contribution in [1.29, 1.82) is 0 Å². The molecule has 0 unspecified atom stereocenters. The second kappa shape index (κ2) is 10.1. The molecule has 0 bridgehead atoms. The summed E-state index contributed by atoms with van der Waals surface area (Å²) in [5.74, 6) is -0.164. The highest BCUT2D eigenvalue weighted by Gasteiger charge is 2.10. The van der Waals surface area contributed by atoms with E-state index in [1.807, 2.05) is 0 Å². The average molecular weight is 253 g/mol. The Balaban J connectivity index is 1.92. The van der Waals surface area contributed by atoms with Gasteiger partial charge in [-0.1, -0.05) is 50.6 Å². The van der Waals surface area contributed by atoms with Crippen molar-refractivity contribution < 1.29 is 9.63 Å². The minimum atomic E-state index is -0.164. The Bertz CT molecular complexity index is 253. The molecule has 1 aliphatic rings. The van der Waals surface area contributed by atoms with Crippen LogP contribution in [0.3, 0.4) is 0 Å². The number of rotatable bonds is 9. The maximum Gasteiger partial charge on any atom is 0.335 e. The molecule has 0 aliphatic heterocycles. The first-order valence-corrected chi connectivity index (χ1v) is 7.58. The fraction of sp³-hybridized carbons (Fsp3) is 0.867. The molecule has 0 aromatic rings. The van der Waals surface area contributed by atoms with Gasteiger partial charge in [-0.2, -0.15) is 0 Å². The molecule has 0 amide bonds. The van der Waals surface area contributed by atoms with Gasteiger partial charge < -0.3 is 4.84 Å². The van der Waals surface area contributed by atoms with Crippen LogP contribution in [0.1, 0.15) is 84.0 Å². The molecule has 3 nitrogen and oxygen atoms in total. The lowest BCUT2D eigenvalue weighted by atomic mass is 10.1. The number of hydrogen-bond acceptors (Lipinski definition) is 3. The molecule has 3 heteroatoms. The first kappa shape index (κ1) is 15.2. The van der Waals surface area contributed by atoms with Crippen LogP contribution in [-0.2, 0) is 9.63 Å². The van der Waals surface area contributed by atoms with Gasteiger partial charge in [0.2, 0.25) is 0 Å². The van der Waals surface area contributed by atoms with E-state index in [4.69, 9.17) is 4.84 Å². The zero-order valence-corrected chi connectivity index (χ0v) is 11.7. The predicted molar refractivity (Wildman–Crippen MR) is 74.6 cm³/mol. The van der Waals surface area contributed by atoms with Crippen molar-refractivity contribution in [3.63, 3.8) is 0 Å². The summed E-state index contributed by atoms with van der Waals surface area (Å²) < 4.78 is 0. The largest absolute Gasteiger partial charge is 0.335 e. The van der Waals surface area contributed by atoms with Gasteiger partial charge in [0.1, 0.15) is 0 Å². The quantitative estimate of drug-likeness (QED) is 0.342. The van der Waals surface area contributed by atoms with Crippen molar-refractivity contribution in [2.24, 2.45) is 5.16 Å². The van der Waals surface area contributed by atoms with Crippen LogP contribution in [0, 0.1) is 0 Å². The van der Waals surface area contributed by atoms with E-state index in [0.29, 0.717) is 6.42 Å². The van der Waals surface area contributed by atoms with Crippen LogP contribution in [0.4, 0.5) is 0 Å². The molecule has 0 aromatic carbocycles. The molecular formula is C15H27NO2. The normalized spacial score (nSPS) is 14.8. The highest BCUT2D eigenvalue weighted by atomic mass is 16.7. The number of hydrogen-bond donors (Lipinski definition) is 0. The van der Waals surface area contributed by atoms with E-state index in [0.717, 1.165) is 31.4 Å². The number of carbonyl (C=O) groups is 1. The summed E-state index contributed by atoms with van der Waals surface area (Å²) >= 11 is 0. The first-order valence-electron chi connectivity index (χ1n) is 7.58. The highest BCUT2D eigenvalue weighted by molar-refractivity contribution is 5.86. The van der Waals surface area contributed by atoms with Gasteiger partial charge in [0.05, 0.1) is 5.71 Å². The molecule has 18 heavy (non-hydrogen) atoms. The predicted octanol–water partition coefficient (Wildman–Crippen LogP) is 4.60. The van der Waals surface area contributed by atoms with Gasteiger partial charge in [0, 0.05) is 6.42 Å². The second-order valence-corrected chi connectivity index (χ2v) is 5.20. The zero-order chi connectivity index (χ0) is 13.1. The maximum absolute atomic E-state index is 11.4. The van der Waals surface area contributed by atoms with Gasteiger partial charge >= 0.3 is 5.97 Å². The van der Waals surface area contributed by atoms with Gasteiger partial charge in [0.25, 0.3) is 0 Å². The summed E-state index contributed by atoms with van der Waals surface area (Å²) in [5.41, 5.74) is 1.06. The molecule has 0 radical (unpaired) electrons. The second-order valence-electron chi connectivity index (χ2n) is 5.20. The molecule has 0 saturated heterocycles. The van der Waals surface area contributed by atoms with Gasteiger partial charge in [-0.25, -0.2) is 4.79 Å². The van der Waals surface area contributed by atoms with Crippen molar-refractivity contribution in [1.82, 2.24) is 0 Å². The average Bonchev–Trinajstić information content (AvgIpc) is 2.88. The van der Waals surface area contributed by atoms with Crippen LogP contribution < -0.4 is 0 Å². The summed E-state index contributed by atoms with van der Waals surface area (Å²) in [4.78, 5) is 16.3. The monoisotopic (exact) mass is 253 g/mol. The molecule has 104 valence electrons. The van der Waals surface area contributed by atoms with E-state index < -0.39 is 0 Å². The van der Waals surface area contributed by atoms with Gasteiger partial charge in [0.15, 0.2) is 0 Å². The molecule has 0 heterocycles. The molecule has 1 aliphatic carbocycles. The molecule has 0 N–H and O–H groups in total. The van der Waals surface area contributed by atoms with Crippen LogP contribution in [-0.4, -0.2) is 11.7 Å². The van der Waals surface area contributed by atoms with E-state index in [-0.39, 0.29) is 5.97 Å². The van der Waals surface area contributed by atoms with E-state index in [1.165, 1.54) is 44.9 Å². The Hall–Kier alpha value is -0.860. The number of carbonyl (C=O) groups excluding carboxylic acids is 1. The fourth-order valence-corrected chi connectivity index (χ4v) is 2.26. The topological polar surface area (TPSA) is 38.7 Å². The van der Waals surface area contributed by atoms with E-state index in [2.05, 4.69) is 12.1 Å². The molecular weight excluding hydrogens is 226 g/mol.